The van der Waals surface area contributed by atoms with Gasteiger partial charge < -0.3 is 15.2 Å². The fraction of sp³-hybridized carbons (Fsp3) is 0.375. The second kappa shape index (κ2) is 6.64. The molecule has 2 N–H and O–H groups in total. The molecule has 1 aromatic heterocycles. The van der Waals surface area contributed by atoms with E-state index in [4.69, 9.17) is 0 Å². The SMILES string of the molecule is O=C(NC1CCC[C@H]1O)c1cnc2cc(OC(F)F)c(F)cc2c1. The first-order valence-corrected chi connectivity index (χ1v) is 7.47. The summed E-state index contributed by atoms with van der Waals surface area (Å²) in [6, 6.07) is 3.14. The molecular weight excluding hydrogens is 325 g/mol. The van der Waals surface area contributed by atoms with Crippen molar-refractivity contribution in [1.82, 2.24) is 10.3 Å². The lowest BCUT2D eigenvalue weighted by atomic mass is 10.1. The van der Waals surface area contributed by atoms with E-state index in [1.54, 1.807) is 0 Å². The van der Waals surface area contributed by atoms with Gasteiger partial charge in [-0.3, -0.25) is 9.78 Å². The lowest BCUT2D eigenvalue weighted by Crippen LogP contribution is -2.39. The van der Waals surface area contributed by atoms with Crippen molar-refractivity contribution in [2.24, 2.45) is 0 Å². The summed E-state index contributed by atoms with van der Waals surface area (Å²) < 4.78 is 42.3. The molecule has 1 amide bonds. The van der Waals surface area contributed by atoms with Crippen LogP contribution in [0, 0.1) is 5.82 Å². The van der Waals surface area contributed by atoms with Crippen molar-refractivity contribution in [3.8, 4) is 5.75 Å². The fourth-order valence-corrected chi connectivity index (χ4v) is 2.80. The molecule has 1 saturated carbocycles. The summed E-state index contributed by atoms with van der Waals surface area (Å²) in [5, 5.41) is 12.7. The van der Waals surface area contributed by atoms with Crippen LogP contribution in [0.5, 0.6) is 5.75 Å². The molecule has 0 aliphatic heterocycles. The molecule has 0 radical (unpaired) electrons. The summed E-state index contributed by atoms with van der Waals surface area (Å²) in [4.78, 5) is 16.2. The van der Waals surface area contributed by atoms with Gasteiger partial charge in [0.05, 0.1) is 23.2 Å². The average Bonchev–Trinajstić information content (AvgIpc) is 2.92. The van der Waals surface area contributed by atoms with Crippen LogP contribution in [0.4, 0.5) is 13.2 Å². The van der Waals surface area contributed by atoms with E-state index in [0.29, 0.717) is 12.8 Å². The largest absolute Gasteiger partial charge is 0.432 e. The zero-order valence-electron chi connectivity index (χ0n) is 12.5. The quantitative estimate of drug-likeness (QED) is 0.898. The van der Waals surface area contributed by atoms with E-state index in [9.17, 15) is 23.1 Å². The van der Waals surface area contributed by atoms with Gasteiger partial charge in [0.1, 0.15) is 0 Å². The summed E-state index contributed by atoms with van der Waals surface area (Å²) in [6.45, 7) is -3.14. The minimum atomic E-state index is -3.14. The van der Waals surface area contributed by atoms with Gasteiger partial charge in [0.2, 0.25) is 0 Å². The number of hydrogen-bond donors (Lipinski definition) is 2. The van der Waals surface area contributed by atoms with Gasteiger partial charge >= 0.3 is 6.61 Å². The Bertz CT molecular complexity index is 770. The minimum absolute atomic E-state index is 0.198. The van der Waals surface area contributed by atoms with Crippen LogP contribution < -0.4 is 10.1 Å². The molecule has 8 heteroatoms. The smallest absolute Gasteiger partial charge is 0.387 e. The Labute approximate surface area is 135 Å². The Balaban J connectivity index is 1.84. The molecule has 0 spiro atoms. The predicted molar refractivity (Wildman–Crippen MR) is 79.4 cm³/mol. The van der Waals surface area contributed by atoms with Gasteiger partial charge in [0, 0.05) is 17.6 Å². The number of nitrogens with one attached hydrogen (secondary N) is 1. The molecule has 0 saturated heterocycles. The van der Waals surface area contributed by atoms with E-state index in [1.165, 1.54) is 12.3 Å². The van der Waals surface area contributed by atoms with Gasteiger partial charge in [-0.15, -0.1) is 0 Å². The number of fused-ring (bicyclic) bond motifs is 1. The van der Waals surface area contributed by atoms with E-state index in [-0.39, 0.29) is 22.5 Å². The number of carbonyl (C=O) groups excluding carboxylic acids is 1. The van der Waals surface area contributed by atoms with Gasteiger partial charge in [-0.05, 0) is 31.4 Å². The van der Waals surface area contributed by atoms with Gasteiger partial charge in [-0.1, -0.05) is 0 Å². The van der Waals surface area contributed by atoms with Crippen LogP contribution in [-0.2, 0) is 0 Å². The van der Waals surface area contributed by atoms with Crippen molar-refractivity contribution >= 4 is 16.8 Å². The van der Waals surface area contributed by atoms with Crippen molar-refractivity contribution in [3.05, 3.63) is 35.8 Å². The van der Waals surface area contributed by atoms with Crippen molar-refractivity contribution in [2.75, 3.05) is 0 Å². The number of halogens is 3. The lowest BCUT2D eigenvalue weighted by Gasteiger charge is -2.16. The summed E-state index contributed by atoms with van der Waals surface area (Å²) in [5.41, 5.74) is 0.424. The number of alkyl halides is 2. The maximum atomic E-state index is 13.8. The van der Waals surface area contributed by atoms with Crippen LogP contribution in [0.1, 0.15) is 29.6 Å². The molecule has 5 nitrogen and oxygen atoms in total. The molecular formula is C16H15F3N2O3. The number of rotatable bonds is 4. The van der Waals surface area contributed by atoms with Crippen LogP contribution in [0.25, 0.3) is 10.9 Å². The number of carbonyl (C=O) groups is 1. The normalized spacial score (nSPS) is 20.5. The fourth-order valence-electron chi connectivity index (χ4n) is 2.80. The minimum Gasteiger partial charge on any atom is -0.432 e. The summed E-state index contributed by atoms with van der Waals surface area (Å²) >= 11 is 0. The molecule has 1 aliphatic carbocycles. The maximum Gasteiger partial charge on any atom is 0.387 e. The van der Waals surface area contributed by atoms with E-state index in [0.717, 1.165) is 18.6 Å². The molecule has 128 valence electrons. The molecule has 1 heterocycles. The average molecular weight is 340 g/mol. The van der Waals surface area contributed by atoms with Crippen LogP contribution >= 0.6 is 0 Å². The van der Waals surface area contributed by atoms with Gasteiger partial charge in [-0.25, -0.2) is 4.39 Å². The molecule has 3 rings (SSSR count). The lowest BCUT2D eigenvalue weighted by molar-refractivity contribution is -0.0520. The number of amides is 1. The van der Waals surface area contributed by atoms with Crippen molar-refractivity contribution in [1.29, 1.82) is 0 Å². The number of nitrogens with zero attached hydrogens (tertiary/aromatic N) is 1. The number of pyridine rings is 1. The van der Waals surface area contributed by atoms with Gasteiger partial charge in [0.15, 0.2) is 11.6 Å². The second-order valence-electron chi connectivity index (χ2n) is 5.66. The summed E-state index contributed by atoms with van der Waals surface area (Å²) in [5.74, 6) is -1.99. The monoisotopic (exact) mass is 340 g/mol. The predicted octanol–water partition coefficient (Wildman–Crippen LogP) is 2.62. The maximum absolute atomic E-state index is 13.8. The molecule has 24 heavy (non-hydrogen) atoms. The third-order valence-electron chi connectivity index (χ3n) is 4.01. The highest BCUT2D eigenvalue weighted by atomic mass is 19.3. The van der Waals surface area contributed by atoms with E-state index >= 15 is 0 Å². The van der Waals surface area contributed by atoms with Crippen molar-refractivity contribution < 1.29 is 27.8 Å². The molecule has 2 atom stereocenters. The Morgan fingerprint density at radius 3 is 2.79 bits per heavy atom. The number of aromatic nitrogens is 1. The van der Waals surface area contributed by atoms with Crippen LogP contribution in [0.15, 0.2) is 24.4 Å². The zero-order valence-corrected chi connectivity index (χ0v) is 12.5. The third kappa shape index (κ3) is 3.43. The van der Waals surface area contributed by atoms with E-state index in [2.05, 4.69) is 15.0 Å². The van der Waals surface area contributed by atoms with Crippen LogP contribution in [-0.4, -0.2) is 34.8 Å². The van der Waals surface area contributed by atoms with E-state index in [1.807, 2.05) is 0 Å². The molecule has 1 fully saturated rings. The topological polar surface area (TPSA) is 71.5 Å². The Kier molecular flexibility index (Phi) is 4.57. The molecule has 0 bridgehead atoms. The highest BCUT2D eigenvalue weighted by Crippen LogP contribution is 2.26. The molecule has 1 aromatic carbocycles. The first-order valence-electron chi connectivity index (χ1n) is 7.47. The summed E-state index contributed by atoms with van der Waals surface area (Å²) in [7, 11) is 0. The first-order chi connectivity index (χ1) is 11.4. The number of hydrogen-bond acceptors (Lipinski definition) is 4. The van der Waals surface area contributed by atoms with E-state index < -0.39 is 30.2 Å². The zero-order chi connectivity index (χ0) is 17.3. The van der Waals surface area contributed by atoms with Crippen LogP contribution in [0.2, 0.25) is 0 Å². The molecule has 1 aliphatic rings. The number of aliphatic hydroxyl groups excluding tert-OH is 1. The summed E-state index contributed by atoms with van der Waals surface area (Å²) in [6.07, 6.45) is 2.85. The number of ether oxygens (including phenoxy) is 1. The second-order valence-corrected chi connectivity index (χ2v) is 5.66. The molecule has 2 aromatic rings. The Morgan fingerprint density at radius 2 is 2.12 bits per heavy atom. The number of aliphatic hydroxyl groups is 1. The highest BCUT2D eigenvalue weighted by Gasteiger charge is 2.27. The van der Waals surface area contributed by atoms with Gasteiger partial charge in [0.25, 0.3) is 5.91 Å². The Hall–Kier alpha value is -2.35. The van der Waals surface area contributed by atoms with Crippen molar-refractivity contribution in [2.45, 2.75) is 38.0 Å². The van der Waals surface area contributed by atoms with Gasteiger partial charge in [-0.2, -0.15) is 8.78 Å². The number of benzene rings is 1. The van der Waals surface area contributed by atoms with Crippen molar-refractivity contribution in [3.63, 3.8) is 0 Å². The third-order valence-corrected chi connectivity index (χ3v) is 4.01. The first kappa shape index (κ1) is 16.5. The van der Waals surface area contributed by atoms with Crippen LogP contribution in [0.3, 0.4) is 0 Å². The highest BCUT2D eigenvalue weighted by molar-refractivity contribution is 5.97. The molecule has 1 unspecified atom stereocenters. The Morgan fingerprint density at radius 1 is 1.33 bits per heavy atom. The standard InChI is InChI=1S/C16H15F3N2O3/c17-10-5-8-4-9(15(23)21-11-2-1-3-13(11)22)7-20-12(8)6-14(10)24-16(18)19/h4-7,11,13,16,22H,1-3H2,(H,21,23)/t11?,13-/m1/s1.